The van der Waals surface area contributed by atoms with Crippen molar-refractivity contribution in [3.63, 3.8) is 0 Å². The molecule has 0 fully saturated rings. The molecule has 0 radical (unpaired) electrons. The minimum atomic E-state index is -0.402. The fourth-order valence-corrected chi connectivity index (χ4v) is 2.21. The third kappa shape index (κ3) is 3.73. The maximum absolute atomic E-state index is 12.1. The van der Waals surface area contributed by atoms with Gasteiger partial charge >= 0.3 is 5.69 Å². The zero-order chi connectivity index (χ0) is 13.5. The summed E-state index contributed by atoms with van der Waals surface area (Å²) in [7, 11) is 0. The molecule has 0 saturated carbocycles. The van der Waals surface area contributed by atoms with Gasteiger partial charge in [-0.25, -0.2) is 4.79 Å². The molecule has 1 aromatic rings. The monoisotopic (exact) mass is 272 g/mol. The summed E-state index contributed by atoms with van der Waals surface area (Å²) < 4.78 is 1.27. The first-order valence-corrected chi connectivity index (χ1v) is 7.01. The molecule has 0 spiro atoms. The van der Waals surface area contributed by atoms with Gasteiger partial charge in [0.25, 0.3) is 5.56 Å². The zero-order valence-electron chi connectivity index (χ0n) is 11.1. The third-order valence-corrected chi connectivity index (χ3v) is 3.29. The number of H-pyrrole nitrogens is 1. The van der Waals surface area contributed by atoms with Crippen LogP contribution in [0.1, 0.15) is 51.5 Å². The maximum Gasteiger partial charge on any atom is 0.329 e. The van der Waals surface area contributed by atoms with Crippen LogP contribution < -0.4 is 11.2 Å². The van der Waals surface area contributed by atoms with Gasteiger partial charge in [-0.2, -0.15) is 0 Å². The third-order valence-electron chi connectivity index (χ3n) is 2.97. The summed E-state index contributed by atoms with van der Waals surface area (Å²) in [6.07, 6.45) is 5.58. The summed E-state index contributed by atoms with van der Waals surface area (Å²) >= 11 is 5.90. The molecule has 18 heavy (non-hydrogen) atoms. The van der Waals surface area contributed by atoms with E-state index in [0.717, 1.165) is 32.1 Å². The molecule has 0 aliphatic heterocycles. The Morgan fingerprint density at radius 3 is 2.44 bits per heavy atom. The molecule has 1 rings (SSSR count). The van der Waals surface area contributed by atoms with Crippen LogP contribution >= 0.6 is 11.6 Å². The summed E-state index contributed by atoms with van der Waals surface area (Å²) in [4.78, 5) is 26.4. The second-order valence-electron chi connectivity index (χ2n) is 4.49. The van der Waals surface area contributed by atoms with Crippen LogP contribution in [0.4, 0.5) is 0 Å². The van der Waals surface area contributed by atoms with Crippen LogP contribution in [0.15, 0.2) is 9.59 Å². The van der Waals surface area contributed by atoms with Gasteiger partial charge < -0.3 is 0 Å². The van der Waals surface area contributed by atoms with Crippen molar-refractivity contribution in [2.45, 2.75) is 58.9 Å². The zero-order valence-corrected chi connectivity index (χ0v) is 11.8. The van der Waals surface area contributed by atoms with E-state index in [-0.39, 0.29) is 10.7 Å². The van der Waals surface area contributed by atoms with Crippen LogP contribution in [-0.4, -0.2) is 9.55 Å². The van der Waals surface area contributed by atoms with Crippen molar-refractivity contribution in [1.82, 2.24) is 9.55 Å². The van der Waals surface area contributed by atoms with Gasteiger partial charge in [0.2, 0.25) is 0 Å². The highest BCUT2D eigenvalue weighted by atomic mass is 35.5. The number of nitrogens with one attached hydrogen (secondary N) is 1. The lowest BCUT2D eigenvalue weighted by molar-refractivity contribution is 0.546. The molecule has 0 saturated heterocycles. The molecule has 1 N–H and O–H groups in total. The van der Waals surface area contributed by atoms with Crippen molar-refractivity contribution in [3.05, 3.63) is 31.6 Å². The molecule has 0 aromatic carbocycles. The summed E-state index contributed by atoms with van der Waals surface area (Å²) in [5.41, 5.74) is -0.113. The molecule has 1 aromatic heterocycles. The van der Waals surface area contributed by atoms with Crippen molar-refractivity contribution < 1.29 is 0 Å². The highest BCUT2D eigenvalue weighted by Crippen LogP contribution is 2.08. The molecule has 0 amide bonds. The topological polar surface area (TPSA) is 54.9 Å². The van der Waals surface area contributed by atoms with E-state index in [0.29, 0.717) is 18.5 Å². The smallest absolute Gasteiger partial charge is 0.297 e. The first kappa shape index (κ1) is 15.0. The molecule has 102 valence electrons. The Kier molecular flexibility index (Phi) is 6.19. The van der Waals surface area contributed by atoms with E-state index in [2.05, 4.69) is 11.9 Å². The van der Waals surface area contributed by atoms with Gasteiger partial charge in [-0.3, -0.25) is 14.3 Å². The minimum absolute atomic E-state index is 0.191. The second-order valence-corrected chi connectivity index (χ2v) is 4.87. The van der Waals surface area contributed by atoms with E-state index in [1.165, 1.54) is 4.57 Å². The van der Waals surface area contributed by atoms with Crippen LogP contribution in [0.5, 0.6) is 0 Å². The maximum atomic E-state index is 12.1. The standard InChI is InChI=1S/C13H21ClN2O2/c1-3-5-6-7-9-16-12(17)10(8-4-2)11(14)15-13(16)18/h3-9H2,1-2H3,(H,15,18). The molecule has 1 heterocycles. The lowest BCUT2D eigenvalue weighted by Crippen LogP contribution is -2.37. The van der Waals surface area contributed by atoms with Gasteiger partial charge in [-0.1, -0.05) is 51.1 Å². The van der Waals surface area contributed by atoms with Crippen molar-refractivity contribution >= 4 is 11.6 Å². The highest BCUT2D eigenvalue weighted by molar-refractivity contribution is 6.30. The summed E-state index contributed by atoms with van der Waals surface area (Å²) in [5.74, 6) is 0. The largest absolute Gasteiger partial charge is 0.329 e. The van der Waals surface area contributed by atoms with E-state index in [9.17, 15) is 9.59 Å². The Bertz CT molecular complexity index is 491. The number of aromatic nitrogens is 2. The Labute approximate surface area is 112 Å². The van der Waals surface area contributed by atoms with Gasteiger partial charge in [-0.05, 0) is 12.8 Å². The van der Waals surface area contributed by atoms with Crippen LogP contribution in [0.2, 0.25) is 5.15 Å². The summed E-state index contributed by atoms with van der Waals surface area (Å²) in [6, 6.07) is 0. The van der Waals surface area contributed by atoms with E-state index < -0.39 is 5.69 Å². The van der Waals surface area contributed by atoms with Crippen LogP contribution in [-0.2, 0) is 13.0 Å². The minimum Gasteiger partial charge on any atom is -0.297 e. The van der Waals surface area contributed by atoms with E-state index in [4.69, 9.17) is 11.6 Å². The lowest BCUT2D eigenvalue weighted by atomic mass is 10.2. The number of hydrogen-bond acceptors (Lipinski definition) is 2. The SMILES string of the molecule is CCCCCCn1c(=O)[nH]c(Cl)c(CCC)c1=O. The Hall–Kier alpha value is -1.03. The normalized spacial score (nSPS) is 10.8. The first-order valence-electron chi connectivity index (χ1n) is 6.63. The van der Waals surface area contributed by atoms with E-state index >= 15 is 0 Å². The lowest BCUT2D eigenvalue weighted by Gasteiger charge is -2.08. The molecule has 5 heteroatoms. The fraction of sp³-hybridized carbons (Fsp3) is 0.692. The van der Waals surface area contributed by atoms with Gasteiger partial charge in [-0.15, -0.1) is 0 Å². The molecule has 4 nitrogen and oxygen atoms in total. The summed E-state index contributed by atoms with van der Waals surface area (Å²) in [5, 5.41) is 0.191. The molecular weight excluding hydrogens is 252 g/mol. The molecule has 0 aliphatic rings. The average Bonchev–Trinajstić information content (AvgIpc) is 2.33. The van der Waals surface area contributed by atoms with Crippen molar-refractivity contribution in [2.75, 3.05) is 0 Å². The van der Waals surface area contributed by atoms with Crippen LogP contribution in [0.25, 0.3) is 0 Å². The van der Waals surface area contributed by atoms with Gasteiger partial charge in [0.15, 0.2) is 0 Å². The van der Waals surface area contributed by atoms with Crippen molar-refractivity contribution in [2.24, 2.45) is 0 Å². The van der Waals surface area contributed by atoms with Crippen LogP contribution in [0.3, 0.4) is 0 Å². The highest BCUT2D eigenvalue weighted by Gasteiger charge is 2.11. The van der Waals surface area contributed by atoms with Crippen molar-refractivity contribution in [3.8, 4) is 0 Å². The number of nitrogens with zero attached hydrogens (tertiary/aromatic N) is 1. The second kappa shape index (κ2) is 7.41. The predicted octanol–water partition coefficient (Wildman–Crippen LogP) is 2.72. The Morgan fingerprint density at radius 2 is 1.83 bits per heavy atom. The average molecular weight is 273 g/mol. The Morgan fingerprint density at radius 1 is 1.11 bits per heavy atom. The number of aromatic amines is 1. The van der Waals surface area contributed by atoms with Crippen molar-refractivity contribution in [1.29, 1.82) is 0 Å². The molecule has 0 aliphatic carbocycles. The number of halogens is 1. The molecule has 0 bridgehead atoms. The first-order chi connectivity index (χ1) is 8.61. The van der Waals surface area contributed by atoms with Gasteiger partial charge in [0, 0.05) is 6.54 Å². The molecular formula is C13H21ClN2O2. The number of unbranched alkanes of at least 4 members (excludes halogenated alkanes) is 3. The van der Waals surface area contributed by atoms with E-state index in [1.807, 2.05) is 6.92 Å². The Balaban J connectivity index is 2.93. The summed E-state index contributed by atoms with van der Waals surface area (Å²) in [6.45, 7) is 4.58. The van der Waals surface area contributed by atoms with Gasteiger partial charge in [0.1, 0.15) is 5.15 Å². The number of hydrogen-bond donors (Lipinski definition) is 1. The van der Waals surface area contributed by atoms with Crippen LogP contribution in [0, 0.1) is 0 Å². The quantitative estimate of drug-likeness (QED) is 0.613. The molecule has 0 atom stereocenters. The number of rotatable bonds is 7. The fourth-order valence-electron chi connectivity index (χ4n) is 1.95. The van der Waals surface area contributed by atoms with E-state index in [1.54, 1.807) is 0 Å². The predicted molar refractivity (Wildman–Crippen MR) is 74.5 cm³/mol. The van der Waals surface area contributed by atoms with Gasteiger partial charge in [0.05, 0.1) is 5.56 Å². The molecule has 0 unspecified atom stereocenters.